The first-order valence-electron chi connectivity index (χ1n) is 7.75. The van der Waals surface area contributed by atoms with Gasteiger partial charge in [0.1, 0.15) is 0 Å². The van der Waals surface area contributed by atoms with E-state index in [4.69, 9.17) is 0 Å². The molecule has 0 aromatic carbocycles. The number of hydrogen-bond donors (Lipinski definition) is 1. The van der Waals surface area contributed by atoms with Crippen molar-refractivity contribution in [2.75, 3.05) is 6.54 Å². The lowest BCUT2D eigenvalue weighted by atomic mass is 9.68. The largest absolute Gasteiger partial charge is 0.314 e. The van der Waals surface area contributed by atoms with E-state index in [1.165, 1.54) is 38.5 Å². The van der Waals surface area contributed by atoms with Crippen molar-refractivity contribution in [3.05, 3.63) is 0 Å². The summed E-state index contributed by atoms with van der Waals surface area (Å²) < 4.78 is 0. The van der Waals surface area contributed by atoms with E-state index in [1.807, 2.05) is 0 Å². The van der Waals surface area contributed by atoms with Gasteiger partial charge in [-0.25, -0.2) is 0 Å². The minimum Gasteiger partial charge on any atom is -0.314 e. The van der Waals surface area contributed by atoms with Gasteiger partial charge in [-0.05, 0) is 68.2 Å². The molecule has 1 N–H and O–H groups in total. The minimum absolute atomic E-state index is 0.526. The van der Waals surface area contributed by atoms with Crippen LogP contribution in [0.3, 0.4) is 0 Å². The summed E-state index contributed by atoms with van der Waals surface area (Å²) in [4.78, 5) is 0. The molecular weight excluding hydrogens is 206 g/mol. The molecule has 0 saturated heterocycles. The van der Waals surface area contributed by atoms with Crippen LogP contribution in [0.4, 0.5) is 0 Å². The molecule has 1 atom stereocenters. The number of nitrogens with one attached hydrogen (secondary N) is 1. The summed E-state index contributed by atoms with van der Waals surface area (Å²) in [5.74, 6) is 2.95. The van der Waals surface area contributed by atoms with Gasteiger partial charge in [0, 0.05) is 6.04 Å². The molecule has 2 aliphatic rings. The molecule has 1 nitrogen and oxygen atoms in total. The maximum absolute atomic E-state index is 3.77. The van der Waals surface area contributed by atoms with Crippen LogP contribution in [0.1, 0.15) is 66.2 Å². The lowest BCUT2D eigenvalue weighted by Crippen LogP contribution is -2.40. The van der Waals surface area contributed by atoms with Gasteiger partial charge in [-0.2, -0.15) is 0 Å². The first-order valence-corrected chi connectivity index (χ1v) is 7.75. The highest BCUT2D eigenvalue weighted by Gasteiger charge is 2.39. The molecule has 0 aromatic rings. The monoisotopic (exact) mass is 237 g/mol. The quantitative estimate of drug-likeness (QED) is 0.771. The van der Waals surface area contributed by atoms with Crippen LogP contribution < -0.4 is 5.32 Å². The maximum Gasteiger partial charge on any atom is 0.0123 e. The van der Waals surface area contributed by atoms with Crippen LogP contribution in [0.25, 0.3) is 0 Å². The Bertz CT molecular complexity index is 228. The van der Waals surface area contributed by atoms with Crippen molar-refractivity contribution in [2.24, 2.45) is 23.2 Å². The molecule has 0 heterocycles. The highest BCUT2D eigenvalue weighted by Crippen LogP contribution is 2.45. The molecule has 100 valence electrons. The van der Waals surface area contributed by atoms with E-state index in [0.29, 0.717) is 5.41 Å². The average molecular weight is 237 g/mol. The Morgan fingerprint density at radius 2 is 1.41 bits per heavy atom. The molecule has 2 aliphatic carbocycles. The predicted octanol–water partition coefficient (Wildman–Crippen LogP) is 4.23. The molecule has 0 radical (unpaired) electrons. The van der Waals surface area contributed by atoms with E-state index in [1.54, 1.807) is 0 Å². The summed E-state index contributed by atoms with van der Waals surface area (Å²) in [5.41, 5.74) is 0.526. The van der Waals surface area contributed by atoms with Crippen LogP contribution in [0.5, 0.6) is 0 Å². The topological polar surface area (TPSA) is 12.0 Å². The molecular formula is C16H31N. The Morgan fingerprint density at radius 3 is 1.76 bits per heavy atom. The smallest absolute Gasteiger partial charge is 0.0123 e. The normalized spacial score (nSPS) is 32.5. The van der Waals surface area contributed by atoms with Gasteiger partial charge in [0.25, 0.3) is 0 Å². The summed E-state index contributed by atoms with van der Waals surface area (Å²) >= 11 is 0. The molecule has 2 saturated carbocycles. The second-order valence-corrected chi connectivity index (χ2v) is 7.40. The number of hydrogen-bond acceptors (Lipinski definition) is 1. The fourth-order valence-corrected chi connectivity index (χ4v) is 3.75. The molecule has 0 bridgehead atoms. The van der Waals surface area contributed by atoms with Crippen LogP contribution >= 0.6 is 0 Å². The third-order valence-corrected chi connectivity index (χ3v) is 5.07. The zero-order valence-corrected chi connectivity index (χ0v) is 12.3. The van der Waals surface area contributed by atoms with Gasteiger partial charge in [0.15, 0.2) is 0 Å². The Balaban J connectivity index is 1.84. The van der Waals surface area contributed by atoms with Crippen molar-refractivity contribution in [3.8, 4) is 0 Å². The van der Waals surface area contributed by atoms with E-state index in [2.05, 4.69) is 33.0 Å². The van der Waals surface area contributed by atoms with Crippen LogP contribution in [-0.2, 0) is 0 Å². The van der Waals surface area contributed by atoms with Crippen LogP contribution in [-0.4, -0.2) is 12.6 Å². The highest BCUT2D eigenvalue weighted by molar-refractivity contribution is 4.93. The second kappa shape index (κ2) is 5.30. The first kappa shape index (κ1) is 13.4. The molecule has 0 spiro atoms. The first-order chi connectivity index (χ1) is 8.02. The van der Waals surface area contributed by atoms with E-state index < -0.39 is 0 Å². The zero-order chi connectivity index (χ0) is 12.5. The lowest BCUT2D eigenvalue weighted by Gasteiger charge is -2.40. The van der Waals surface area contributed by atoms with E-state index >= 15 is 0 Å². The van der Waals surface area contributed by atoms with Crippen LogP contribution in [0.15, 0.2) is 0 Å². The van der Waals surface area contributed by atoms with E-state index in [9.17, 15) is 0 Å². The van der Waals surface area contributed by atoms with Gasteiger partial charge in [-0.1, -0.05) is 27.7 Å². The molecule has 0 aliphatic heterocycles. The van der Waals surface area contributed by atoms with Gasteiger partial charge in [0.05, 0.1) is 0 Å². The van der Waals surface area contributed by atoms with Gasteiger partial charge in [-0.15, -0.1) is 0 Å². The van der Waals surface area contributed by atoms with Gasteiger partial charge >= 0.3 is 0 Å². The van der Waals surface area contributed by atoms with Crippen LogP contribution in [0, 0.1) is 23.2 Å². The average Bonchev–Trinajstić information content (AvgIpc) is 3.09. The third-order valence-electron chi connectivity index (χ3n) is 5.07. The molecule has 2 fully saturated rings. The van der Waals surface area contributed by atoms with Crippen molar-refractivity contribution >= 4 is 0 Å². The summed E-state index contributed by atoms with van der Waals surface area (Å²) in [5, 5.41) is 3.77. The Morgan fingerprint density at radius 1 is 0.941 bits per heavy atom. The maximum atomic E-state index is 3.77. The Kier molecular flexibility index (Phi) is 4.18. The molecule has 0 amide bonds. The van der Waals surface area contributed by atoms with E-state index in [0.717, 1.165) is 30.3 Å². The fourth-order valence-electron chi connectivity index (χ4n) is 3.75. The summed E-state index contributed by atoms with van der Waals surface area (Å²) in [6, 6.07) is 0.848. The van der Waals surface area contributed by atoms with Crippen LogP contribution in [0.2, 0.25) is 0 Å². The fraction of sp³-hybridized carbons (Fsp3) is 1.00. The minimum atomic E-state index is 0.526. The van der Waals surface area contributed by atoms with Crippen molar-refractivity contribution in [1.29, 1.82) is 0 Å². The molecule has 0 aromatic heterocycles. The van der Waals surface area contributed by atoms with Gasteiger partial charge in [0.2, 0.25) is 0 Å². The van der Waals surface area contributed by atoms with Crippen molar-refractivity contribution < 1.29 is 0 Å². The predicted molar refractivity (Wildman–Crippen MR) is 75.1 cm³/mol. The highest BCUT2D eigenvalue weighted by atomic mass is 14.9. The van der Waals surface area contributed by atoms with Gasteiger partial charge in [-0.3, -0.25) is 0 Å². The molecule has 2 rings (SSSR count). The standard InChI is InChI=1S/C16H31N/c1-5-17-15(12-6-7-12)13-8-10-14(11-9-13)16(2,3)4/h12-15,17H,5-11H2,1-4H3. The molecule has 17 heavy (non-hydrogen) atoms. The van der Waals surface area contributed by atoms with Crippen molar-refractivity contribution in [1.82, 2.24) is 5.32 Å². The van der Waals surface area contributed by atoms with Gasteiger partial charge < -0.3 is 5.32 Å². The summed E-state index contributed by atoms with van der Waals surface area (Å²) in [6.07, 6.45) is 8.82. The zero-order valence-electron chi connectivity index (χ0n) is 12.3. The SMILES string of the molecule is CCNC(C1CC1)C1CCC(C(C)(C)C)CC1. The summed E-state index contributed by atoms with van der Waals surface area (Å²) in [6.45, 7) is 10.7. The third kappa shape index (κ3) is 3.47. The van der Waals surface area contributed by atoms with Crippen molar-refractivity contribution in [2.45, 2.75) is 72.3 Å². The Labute approximate surface area is 108 Å². The van der Waals surface area contributed by atoms with E-state index in [-0.39, 0.29) is 0 Å². The summed E-state index contributed by atoms with van der Waals surface area (Å²) in [7, 11) is 0. The lowest BCUT2D eigenvalue weighted by molar-refractivity contribution is 0.128. The number of rotatable bonds is 4. The Hall–Kier alpha value is -0.0400. The molecule has 1 heteroatoms. The van der Waals surface area contributed by atoms with Crippen molar-refractivity contribution in [3.63, 3.8) is 0 Å². The molecule has 1 unspecified atom stereocenters. The second-order valence-electron chi connectivity index (χ2n) is 7.40.